The number of rotatable bonds is 3. The van der Waals surface area contributed by atoms with Gasteiger partial charge >= 0.3 is 0 Å². The predicted octanol–water partition coefficient (Wildman–Crippen LogP) is 1.44. The molecular formula is C19H16N4O3. The quantitative estimate of drug-likeness (QED) is 0.746. The number of fused-ring (bicyclic) bond motifs is 4. The molecule has 130 valence electrons. The van der Waals surface area contributed by atoms with E-state index in [2.05, 4.69) is 10.3 Å². The van der Waals surface area contributed by atoms with Crippen LogP contribution >= 0.6 is 0 Å². The van der Waals surface area contributed by atoms with E-state index in [1.54, 1.807) is 48.5 Å². The summed E-state index contributed by atoms with van der Waals surface area (Å²) in [5.41, 5.74) is 6.42. The van der Waals surface area contributed by atoms with Gasteiger partial charge in [0, 0.05) is 6.42 Å². The molecule has 3 N–H and O–H groups in total. The summed E-state index contributed by atoms with van der Waals surface area (Å²) in [6.45, 7) is 0. The molecule has 0 radical (unpaired) electrons. The minimum atomic E-state index is -0.597. The van der Waals surface area contributed by atoms with Crippen LogP contribution in [0.5, 0.6) is 0 Å². The molecule has 0 aliphatic carbocycles. The third-order valence-corrected chi connectivity index (χ3v) is 4.49. The van der Waals surface area contributed by atoms with Crippen LogP contribution in [0.3, 0.4) is 0 Å². The summed E-state index contributed by atoms with van der Waals surface area (Å²) < 4.78 is 1.46. The van der Waals surface area contributed by atoms with Gasteiger partial charge in [-0.05, 0) is 30.7 Å². The third-order valence-electron chi connectivity index (χ3n) is 4.49. The van der Waals surface area contributed by atoms with E-state index in [1.807, 2.05) is 0 Å². The van der Waals surface area contributed by atoms with E-state index in [-0.39, 0.29) is 24.3 Å². The Balaban J connectivity index is 2.04. The molecule has 2 aromatic carbocycles. The summed E-state index contributed by atoms with van der Waals surface area (Å²) in [5.74, 6) is -0.395. The Morgan fingerprint density at radius 1 is 1.12 bits per heavy atom. The number of para-hydroxylation sites is 2. The minimum Gasteiger partial charge on any atom is -0.370 e. The number of carbonyl (C=O) groups excluding carboxylic acids is 2. The fourth-order valence-corrected chi connectivity index (χ4v) is 3.27. The van der Waals surface area contributed by atoms with Crippen LogP contribution < -0.4 is 16.6 Å². The standard InChI is InChI=1S/C19H16N4O3/c20-16(24)10-9-14-17-21-13-7-3-1-5-11(13)19(26)23(17)15-8-4-2-6-12(15)18(25)22-14/h1-8,14H,9-10H2,(H2,20,24)(H,22,25)/t14-/m0/s1. The van der Waals surface area contributed by atoms with Crippen LogP contribution in [0, 0.1) is 0 Å². The molecule has 0 spiro atoms. The molecule has 3 aromatic rings. The lowest BCUT2D eigenvalue weighted by Crippen LogP contribution is -2.31. The van der Waals surface area contributed by atoms with Gasteiger partial charge in [0.05, 0.1) is 28.2 Å². The van der Waals surface area contributed by atoms with Crippen molar-refractivity contribution in [2.45, 2.75) is 18.9 Å². The Labute approximate surface area is 148 Å². The topological polar surface area (TPSA) is 107 Å². The van der Waals surface area contributed by atoms with Crippen molar-refractivity contribution in [3.05, 3.63) is 70.3 Å². The number of primary amides is 1. The zero-order valence-corrected chi connectivity index (χ0v) is 13.8. The molecule has 1 atom stereocenters. The molecule has 0 unspecified atom stereocenters. The number of hydrogen-bond acceptors (Lipinski definition) is 4. The largest absolute Gasteiger partial charge is 0.370 e. The number of nitrogens with zero attached hydrogens (tertiary/aromatic N) is 2. The number of hydrogen-bond donors (Lipinski definition) is 2. The second-order valence-electron chi connectivity index (χ2n) is 6.18. The third kappa shape index (κ3) is 2.54. The summed E-state index contributed by atoms with van der Waals surface area (Å²) in [6.07, 6.45) is 0.337. The molecule has 2 amide bonds. The first kappa shape index (κ1) is 16.0. The van der Waals surface area contributed by atoms with Crippen LogP contribution in [0.25, 0.3) is 16.6 Å². The van der Waals surface area contributed by atoms with Crippen molar-refractivity contribution in [3.8, 4) is 5.69 Å². The molecule has 1 aliphatic rings. The molecule has 0 fully saturated rings. The van der Waals surface area contributed by atoms with Crippen LogP contribution in [0.1, 0.15) is 35.1 Å². The Bertz CT molecular complexity index is 1100. The Morgan fingerprint density at radius 3 is 2.65 bits per heavy atom. The summed E-state index contributed by atoms with van der Waals surface area (Å²) in [4.78, 5) is 41.7. The molecule has 0 saturated carbocycles. The van der Waals surface area contributed by atoms with E-state index in [9.17, 15) is 14.4 Å². The van der Waals surface area contributed by atoms with Gasteiger partial charge in [-0.3, -0.25) is 19.0 Å². The van der Waals surface area contributed by atoms with E-state index in [4.69, 9.17) is 5.73 Å². The van der Waals surface area contributed by atoms with Gasteiger partial charge in [-0.15, -0.1) is 0 Å². The van der Waals surface area contributed by atoms with Crippen LogP contribution in [-0.2, 0) is 4.79 Å². The molecule has 7 heteroatoms. The van der Waals surface area contributed by atoms with Gasteiger partial charge in [0.1, 0.15) is 5.82 Å². The molecule has 0 bridgehead atoms. The van der Waals surface area contributed by atoms with Crippen LogP contribution in [0.4, 0.5) is 0 Å². The molecule has 0 saturated heterocycles. The van der Waals surface area contributed by atoms with Crippen molar-refractivity contribution in [1.29, 1.82) is 0 Å². The fraction of sp³-hybridized carbons (Fsp3) is 0.158. The zero-order valence-electron chi connectivity index (χ0n) is 13.8. The summed E-state index contributed by atoms with van der Waals surface area (Å²) in [5, 5.41) is 3.34. The highest BCUT2D eigenvalue weighted by Gasteiger charge is 2.29. The van der Waals surface area contributed by atoms with E-state index >= 15 is 0 Å². The van der Waals surface area contributed by atoms with Crippen LogP contribution in [0.2, 0.25) is 0 Å². The lowest BCUT2D eigenvalue weighted by Gasteiger charge is -2.18. The first-order valence-electron chi connectivity index (χ1n) is 8.26. The maximum atomic E-state index is 13.2. The summed E-state index contributed by atoms with van der Waals surface area (Å²) >= 11 is 0. The maximum Gasteiger partial charge on any atom is 0.266 e. The lowest BCUT2D eigenvalue weighted by atomic mass is 10.1. The maximum absolute atomic E-state index is 13.2. The average Bonchev–Trinajstić information content (AvgIpc) is 2.76. The van der Waals surface area contributed by atoms with Crippen molar-refractivity contribution in [2.75, 3.05) is 0 Å². The van der Waals surface area contributed by atoms with Gasteiger partial charge < -0.3 is 11.1 Å². The fourth-order valence-electron chi connectivity index (χ4n) is 3.27. The van der Waals surface area contributed by atoms with Gasteiger partial charge in [0.2, 0.25) is 5.91 Å². The first-order chi connectivity index (χ1) is 12.6. The zero-order chi connectivity index (χ0) is 18.3. The number of carbonyl (C=O) groups is 2. The Kier molecular flexibility index (Phi) is 3.76. The smallest absolute Gasteiger partial charge is 0.266 e. The Morgan fingerprint density at radius 2 is 1.85 bits per heavy atom. The number of nitrogens with one attached hydrogen (secondary N) is 1. The second kappa shape index (κ2) is 6.11. The van der Waals surface area contributed by atoms with E-state index in [0.29, 0.717) is 28.0 Å². The van der Waals surface area contributed by atoms with Gasteiger partial charge in [-0.1, -0.05) is 24.3 Å². The molecular weight excluding hydrogens is 332 g/mol. The SMILES string of the molecule is NC(=O)CC[C@@H]1NC(=O)c2ccccc2-n2c1nc1ccccc1c2=O. The molecule has 2 heterocycles. The predicted molar refractivity (Wildman–Crippen MR) is 96.0 cm³/mol. The molecule has 26 heavy (non-hydrogen) atoms. The van der Waals surface area contributed by atoms with Gasteiger partial charge in [-0.25, -0.2) is 4.98 Å². The first-order valence-corrected chi connectivity index (χ1v) is 8.26. The van der Waals surface area contributed by atoms with Gasteiger partial charge in [0.15, 0.2) is 0 Å². The number of amides is 2. The van der Waals surface area contributed by atoms with Crippen molar-refractivity contribution in [3.63, 3.8) is 0 Å². The van der Waals surface area contributed by atoms with Crippen LogP contribution in [-0.4, -0.2) is 21.4 Å². The molecule has 1 aromatic heterocycles. The molecule has 7 nitrogen and oxygen atoms in total. The van der Waals surface area contributed by atoms with Crippen molar-refractivity contribution >= 4 is 22.7 Å². The minimum absolute atomic E-state index is 0.0734. The second-order valence-corrected chi connectivity index (χ2v) is 6.18. The highest BCUT2D eigenvalue weighted by Crippen LogP contribution is 2.26. The van der Waals surface area contributed by atoms with Crippen LogP contribution in [0.15, 0.2) is 53.3 Å². The highest BCUT2D eigenvalue weighted by molar-refractivity contribution is 5.98. The lowest BCUT2D eigenvalue weighted by molar-refractivity contribution is -0.118. The highest BCUT2D eigenvalue weighted by atomic mass is 16.2. The summed E-state index contributed by atoms with van der Waals surface area (Å²) in [7, 11) is 0. The number of benzene rings is 2. The normalized spacial score (nSPS) is 15.7. The Hall–Kier alpha value is -3.48. The molecule has 4 rings (SSSR count). The molecule has 1 aliphatic heterocycles. The number of nitrogens with two attached hydrogens (primary N) is 1. The number of aromatic nitrogens is 2. The monoisotopic (exact) mass is 348 g/mol. The van der Waals surface area contributed by atoms with E-state index in [0.717, 1.165) is 0 Å². The van der Waals surface area contributed by atoms with Gasteiger partial charge in [0.25, 0.3) is 11.5 Å². The van der Waals surface area contributed by atoms with Crippen molar-refractivity contribution < 1.29 is 9.59 Å². The average molecular weight is 348 g/mol. The van der Waals surface area contributed by atoms with Crippen molar-refractivity contribution in [1.82, 2.24) is 14.9 Å². The summed E-state index contributed by atoms with van der Waals surface area (Å²) in [6, 6.07) is 13.3. The van der Waals surface area contributed by atoms with E-state index in [1.165, 1.54) is 4.57 Å². The van der Waals surface area contributed by atoms with E-state index < -0.39 is 11.9 Å². The van der Waals surface area contributed by atoms with Crippen molar-refractivity contribution in [2.24, 2.45) is 5.73 Å². The van der Waals surface area contributed by atoms with Gasteiger partial charge in [-0.2, -0.15) is 0 Å².